The molecule has 2 aromatic rings. The number of aromatic nitrogens is 2. The average Bonchev–Trinajstić information content (AvgIpc) is 3.16. The predicted octanol–water partition coefficient (Wildman–Crippen LogP) is 1.52. The van der Waals surface area contributed by atoms with Crippen LogP contribution in [0.3, 0.4) is 0 Å². The van der Waals surface area contributed by atoms with Gasteiger partial charge in [-0.2, -0.15) is 5.10 Å². The van der Waals surface area contributed by atoms with Crippen molar-refractivity contribution in [2.24, 2.45) is 11.7 Å². The van der Waals surface area contributed by atoms with Crippen molar-refractivity contribution in [2.75, 3.05) is 13.1 Å². The number of hydrogen-bond acceptors (Lipinski definition) is 3. The highest BCUT2D eigenvalue weighted by atomic mass is 16.2. The molecule has 1 saturated heterocycles. The number of primary amides is 1. The zero-order valence-corrected chi connectivity index (χ0v) is 13.1. The predicted molar refractivity (Wildman–Crippen MR) is 86.0 cm³/mol. The van der Waals surface area contributed by atoms with Gasteiger partial charge in [0.25, 0.3) is 5.91 Å². The maximum absolute atomic E-state index is 12.4. The molecule has 0 radical (unpaired) electrons. The SMILES string of the molecule is Cc1cc(C(=O)N2CCC(Cc3cccc(C(N)=O)c3)C2)n[nH]1. The van der Waals surface area contributed by atoms with Gasteiger partial charge in [-0.05, 0) is 49.4 Å². The molecule has 0 saturated carbocycles. The Morgan fingerprint density at radius 3 is 2.91 bits per heavy atom. The molecule has 0 aliphatic carbocycles. The van der Waals surface area contributed by atoms with Crippen LogP contribution in [0.15, 0.2) is 30.3 Å². The van der Waals surface area contributed by atoms with Crippen LogP contribution in [0.4, 0.5) is 0 Å². The van der Waals surface area contributed by atoms with E-state index in [1.165, 1.54) is 0 Å². The molecule has 2 amide bonds. The number of amides is 2. The van der Waals surface area contributed by atoms with Crippen LogP contribution in [0.5, 0.6) is 0 Å². The molecule has 6 heteroatoms. The van der Waals surface area contributed by atoms with Crippen molar-refractivity contribution in [2.45, 2.75) is 19.8 Å². The van der Waals surface area contributed by atoms with Crippen molar-refractivity contribution in [3.63, 3.8) is 0 Å². The summed E-state index contributed by atoms with van der Waals surface area (Å²) in [6, 6.07) is 9.17. The summed E-state index contributed by atoms with van der Waals surface area (Å²) < 4.78 is 0. The molecule has 0 bridgehead atoms. The van der Waals surface area contributed by atoms with E-state index in [9.17, 15) is 9.59 Å². The molecule has 1 atom stereocenters. The lowest BCUT2D eigenvalue weighted by Crippen LogP contribution is -2.29. The number of nitrogens with two attached hydrogens (primary N) is 1. The van der Waals surface area contributed by atoms with Gasteiger partial charge < -0.3 is 10.6 Å². The van der Waals surface area contributed by atoms with Gasteiger partial charge in [-0.3, -0.25) is 14.7 Å². The van der Waals surface area contributed by atoms with E-state index in [2.05, 4.69) is 10.2 Å². The highest BCUT2D eigenvalue weighted by Crippen LogP contribution is 2.22. The van der Waals surface area contributed by atoms with Gasteiger partial charge in [0.05, 0.1) is 0 Å². The maximum atomic E-state index is 12.4. The van der Waals surface area contributed by atoms with E-state index in [0.717, 1.165) is 30.6 Å². The average molecular weight is 312 g/mol. The van der Waals surface area contributed by atoms with Gasteiger partial charge in [0.1, 0.15) is 5.69 Å². The summed E-state index contributed by atoms with van der Waals surface area (Å²) in [6.07, 6.45) is 1.79. The van der Waals surface area contributed by atoms with Crippen LogP contribution >= 0.6 is 0 Å². The second kappa shape index (κ2) is 6.24. The monoisotopic (exact) mass is 312 g/mol. The second-order valence-electron chi connectivity index (χ2n) is 6.11. The van der Waals surface area contributed by atoms with Crippen LogP contribution in [-0.2, 0) is 6.42 Å². The summed E-state index contributed by atoms with van der Waals surface area (Å²) in [7, 11) is 0. The zero-order chi connectivity index (χ0) is 16.4. The minimum Gasteiger partial charge on any atom is -0.366 e. The third-order valence-corrected chi connectivity index (χ3v) is 4.23. The Labute approximate surface area is 134 Å². The van der Waals surface area contributed by atoms with Crippen molar-refractivity contribution in [1.82, 2.24) is 15.1 Å². The number of aromatic amines is 1. The molecule has 1 fully saturated rings. The van der Waals surface area contributed by atoms with E-state index in [4.69, 9.17) is 5.73 Å². The van der Waals surface area contributed by atoms with Gasteiger partial charge in [-0.25, -0.2) is 0 Å². The van der Waals surface area contributed by atoms with Gasteiger partial charge in [0.2, 0.25) is 5.91 Å². The Kier molecular flexibility index (Phi) is 4.14. The molecule has 1 aromatic carbocycles. The number of H-pyrrole nitrogens is 1. The first-order chi connectivity index (χ1) is 11.0. The highest BCUT2D eigenvalue weighted by Gasteiger charge is 2.28. The number of carbonyl (C=O) groups is 2. The summed E-state index contributed by atoms with van der Waals surface area (Å²) in [6.45, 7) is 3.33. The van der Waals surface area contributed by atoms with Crippen molar-refractivity contribution >= 4 is 11.8 Å². The fraction of sp³-hybridized carbons (Fsp3) is 0.353. The minimum atomic E-state index is -0.413. The Balaban J connectivity index is 1.63. The van der Waals surface area contributed by atoms with Crippen molar-refractivity contribution in [3.05, 3.63) is 52.8 Å². The van der Waals surface area contributed by atoms with Crippen LogP contribution < -0.4 is 5.73 Å². The first-order valence-electron chi connectivity index (χ1n) is 7.73. The van der Waals surface area contributed by atoms with E-state index in [-0.39, 0.29) is 5.91 Å². The Morgan fingerprint density at radius 2 is 2.22 bits per heavy atom. The van der Waals surface area contributed by atoms with E-state index in [1.807, 2.05) is 30.0 Å². The van der Waals surface area contributed by atoms with Crippen molar-refractivity contribution in [1.29, 1.82) is 0 Å². The summed E-state index contributed by atoms with van der Waals surface area (Å²) in [5.41, 5.74) is 8.28. The Hall–Kier alpha value is -2.63. The molecule has 1 aliphatic heterocycles. The van der Waals surface area contributed by atoms with Crippen molar-refractivity contribution in [3.8, 4) is 0 Å². The molecule has 6 nitrogen and oxygen atoms in total. The number of aryl methyl sites for hydroxylation is 1. The lowest BCUT2D eigenvalue weighted by molar-refractivity contribution is 0.0781. The quantitative estimate of drug-likeness (QED) is 0.896. The molecule has 0 spiro atoms. The number of carbonyl (C=O) groups excluding carboxylic acids is 2. The number of hydrogen-bond donors (Lipinski definition) is 2. The topological polar surface area (TPSA) is 92.1 Å². The summed E-state index contributed by atoms with van der Waals surface area (Å²) in [4.78, 5) is 25.5. The number of rotatable bonds is 4. The standard InChI is InChI=1S/C17H20N4O2/c1-11-7-15(20-19-11)17(23)21-6-5-13(10-21)8-12-3-2-4-14(9-12)16(18)22/h2-4,7,9,13H,5-6,8,10H2,1H3,(H2,18,22)(H,19,20). The van der Waals surface area contributed by atoms with Gasteiger partial charge in [-0.1, -0.05) is 12.1 Å². The molecule has 120 valence electrons. The van der Waals surface area contributed by atoms with E-state index in [1.54, 1.807) is 12.1 Å². The Bertz CT molecular complexity index is 738. The lowest BCUT2D eigenvalue weighted by Gasteiger charge is -2.15. The molecule has 1 aromatic heterocycles. The van der Waals surface area contributed by atoms with Gasteiger partial charge in [0, 0.05) is 24.3 Å². The maximum Gasteiger partial charge on any atom is 0.274 e. The number of benzene rings is 1. The summed E-state index contributed by atoms with van der Waals surface area (Å²) >= 11 is 0. The summed E-state index contributed by atoms with van der Waals surface area (Å²) in [5.74, 6) is -0.0474. The lowest BCUT2D eigenvalue weighted by atomic mass is 9.97. The largest absolute Gasteiger partial charge is 0.366 e. The molecule has 23 heavy (non-hydrogen) atoms. The molecule has 1 unspecified atom stereocenters. The molecular formula is C17H20N4O2. The van der Waals surface area contributed by atoms with Gasteiger partial charge in [-0.15, -0.1) is 0 Å². The number of nitrogens with zero attached hydrogens (tertiary/aromatic N) is 2. The molecular weight excluding hydrogens is 292 g/mol. The van der Waals surface area contributed by atoms with Crippen LogP contribution in [0, 0.1) is 12.8 Å². The second-order valence-corrected chi connectivity index (χ2v) is 6.11. The molecule has 2 heterocycles. The number of likely N-dealkylation sites (tertiary alicyclic amines) is 1. The smallest absolute Gasteiger partial charge is 0.274 e. The van der Waals surface area contributed by atoms with E-state index < -0.39 is 5.91 Å². The minimum absolute atomic E-state index is 0.0252. The number of nitrogens with one attached hydrogen (secondary N) is 1. The van der Waals surface area contributed by atoms with E-state index in [0.29, 0.717) is 23.7 Å². The van der Waals surface area contributed by atoms with Crippen LogP contribution in [-0.4, -0.2) is 40.0 Å². The highest BCUT2D eigenvalue weighted by molar-refractivity contribution is 5.93. The first kappa shape index (κ1) is 15.3. The van der Waals surface area contributed by atoms with Crippen LogP contribution in [0.25, 0.3) is 0 Å². The zero-order valence-electron chi connectivity index (χ0n) is 13.1. The normalized spacial score (nSPS) is 17.4. The third kappa shape index (κ3) is 3.41. The Morgan fingerprint density at radius 1 is 1.39 bits per heavy atom. The third-order valence-electron chi connectivity index (χ3n) is 4.23. The fourth-order valence-corrected chi connectivity index (χ4v) is 3.06. The van der Waals surface area contributed by atoms with Crippen molar-refractivity contribution < 1.29 is 9.59 Å². The van der Waals surface area contributed by atoms with Crippen LogP contribution in [0.1, 0.15) is 38.5 Å². The van der Waals surface area contributed by atoms with Crippen LogP contribution in [0.2, 0.25) is 0 Å². The molecule has 3 rings (SSSR count). The summed E-state index contributed by atoms with van der Waals surface area (Å²) in [5, 5.41) is 6.83. The van der Waals surface area contributed by atoms with Gasteiger partial charge in [0.15, 0.2) is 0 Å². The molecule has 1 aliphatic rings. The first-order valence-corrected chi connectivity index (χ1v) is 7.73. The molecule has 3 N–H and O–H groups in total. The fourth-order valence-electron chi connectivity index (χ4n) is 3.06. The van der Waals surface area contributed by atoms with Gasteiger partial charge >= 0.3 is 0 Å². The van der Waals surface area contributed by atoms with E-state index >= 15 is 0 Å².